The zero-order chi connectivity index (χ0) is 12.6. The van der Waals surface area contributed by atoms with Gasteiger partial charge in [-0.05, 0) is 24.5 Å². The van der Waals surface area contributed by atoms with Gasteiger partial charge in [-0.15, -0.1) is 0 Å². The third kappa shape index (κ3) is 2.09. The van der Waals surface area contributed by atoms with Crippen LogP contribution in [0.2, 0.25) is 0 Å². The largest absolute Gasteiger partial charge is 0.488 e. The van der Waals surface area contributed by atoms with Crippen LogP contribution < -0.4 is 5.46 Å². The fourth-order valence-electron chi connectivity index (χ4n) is 1.66. The van der Waals surface area contributed by atoms with Crippen molar-refractivity contribution < 1.29 is 18.5 Å². The van der Waals surface area contributed by atoms with Crippen molar-refractivity contribution in [2.45, 2.75) is 6.92 Å². The number of aromatic nitrogens is 1. The summed E-state index contributed by atoms with van der Waals surface area (Å²) in [5.74, 6) is -0.0112. The summed E-state index contributed by atoms with van der Waals surface area (Å²) in [4.78, 5) is 0. The van der Waals surface area contributed by atoms with Gasteiger partial charge in [-0.25, -0.2) is 12.4 Å². The molecular weight excluding hydrogens is 241 g/mol. The number of benzene rings is 1. The quantitative estimate of drug-likeness (QED) is 0.724. The van der Waals surface area contributed by atoms with Crippen molar-refractivity contribution in [3.05, 3.63) is 30.5 Å². The molecule has 1 heterocycles. The van der Waals surface area contributed by atoms with Crippen LogP contribution in [0.1, 0.15) is 6.92 Å². The normalized spacial score (nSPS) is 11.9. The van der Waals surface area contributed by atoms with Crippen molar-refractivity contribution in [3.8, 4) is 0 Å². The Hall–Kier alpha value is -1.31. The Morgan fingerprint density at radius 3 is 2.59 bits per heavy atom. The lowest BCUT2D eigenvalue weighted by molar-refractivity contribution is 0.426. The van der Waals surface area contributed by atoms with E-state index in [1.807, 2.05) is 0 Å². The van der Waals surface area contributed by atoms with Gasteiger partial charge in [0.2, 0.25) is 10.0 Å². The van der Waals surface area contributed by atoms with Gasteiger partial charge in [0.25, 0.3) is 0 Å². The van der Waals surface area contributed by atoms with Gasteiger partial charge in [0.05, 0.1) is 11.3 Å². The predicted molar refractivity (Wildman–Crippen MR) is 66.6 cm³/mol. The highest BCUT2D eigenvalue weighted by molar-refractivity contribution is 7.90. The van der Waals surface area contributed by atoms with Gasteiger partial charge in [-0.2, -0.15) is 0 Å². The zero-order valence-electron chi connectivity index (χ0n) is 9.24. The third-order valence-electron chi connectivity index (χ3n) is 2.64. The van der Waals surface area contributed by atoms with Crippen LogP contribution in [0.5, 0.6) is 0 Å². The second kappa shape index (κ2) is 4.17. The average molecular weight is 253 g/mol. The van der Waals surface area contributed by atoms with E-state index in [1.54, 1.807) is 25.1 Å². The standard InChI is InChI=1S/C10H12BNO4S/c1-2-17(15,16)12-6-5-8-3-4-9(11(13)14)7-10(8)12/h3-7,13-14H,2H2,1H3. The van der Waals surface area contributed by atoms with E-state index in [2.05, 4.69) is 0 Å². The number of hydrogen-bond acceptors (Lipinski definition) is 4. The van der Waals surface area contributed by atoms with E-state index in [-0.39, 0.29) is 11.2 Å². The van der Waals surface area contributed by atoms with Gasteiger partial charge in [0.1, 0.15) is 0 Å². The minimum absolute atomic E-state index is 0.0112. The molecule has 90 valence electrons. The Labute approximate surface area is 99.5 Å². The molecule has 2 aromatic rings. The summed E-state index contributed by atoms with van der Waals surface area (Å²) in [7, 11) is -4.98. The molecule has 17 heavy (non-hydrogen) atoms. The molecule has 0 unspecified atom stereocenters. The fraction of sp³-hybridized carbons (Fsp3) is 0.200. The number of nitrogens with zero attached hydrogens (tertiary/aromatic N) is 1. The maximum Gasteiger partial charge on any atom is 0.488 e. The third-order valence-corrected chi connectivity index (χ3v) is 4.29. The first-order valence-corrected chi connectivity index (χ1v) is 6.77. The molecule has 5 nitrogen and oxygen atoms in total. The highest BCUT2D eigenvalue weighted by Crippen LogP contribution is 2.16. The first-order chi connectivity index (χ1) is 7.95. The van der Waals surface area contributed by atoms with Crippen LogP contribution >= 0.6 is 0 Å². The van der Waals surface area contributed by atoms with Crippen LogP contribution in [0.3, 0.4) is 0 Å². The monoisotopic (exact) mass is 253 g/mol. The van der Waals surface area contributed by atoms with Crippen LogP contribution in [0.4, 0.5) is 0 Å². The van der Waals surface area contributed by atoms with E-state index in [9.17, 15) is 8.42 Å². The lowest BCUT2D eigenvalue weighted by atomic mass is 9.80. The number of fused-ring (bicyclic) bond motifs is 1. The van der Waals surface area contributed by atoms with Crippen LogP contribution in [0.15, 0.2) is 30.5 Å². The second-order valence-corrected chi connectivity index (χ2v) is 5.84. The highest BCUT2D eigenvalue weighted by atomic mass is 32.2. The molecule has 0 aliphatic carbocycles. The second-order valence-electron chi connectivity index (χ2n) is 3.70. The Kier molecular flexibility index (Phi) is 2.99. The van der Waals surface area contributed by atoms with E-state index < -0.39 is 17.1 Å². The number of rotatable bonds is 3. The molecule has 2 rings (SSSR count). The molecule has 0 saturated heterocycles. The average Bonchev–Trinajstić information content (AvgIpc) is 2.72. The highest BCUT2D eigenvalue weighted by Gasteiger charge is 2.16. The minimum Gasteiger partial charge on any atom is -0.423 e. The van der Waals surface area contributed by atoms with Gasteiger partial charge in [-0.1, -0.05) is 12.1 Å². The summed E-state index contributed by atoms with van der Waals surface area (Å²) in [5.41, 5.74) is 0.723. The molecular formula is C10H12BNO4S. The lowest BCUT2D eigenvalue weighted by Crippen LogP contribution is -2.29. The first-order valence-electron chi connectivity index (χ1n) is 5.16. The van der Waals surface area contributed by atoms with Crippen molar-refractivity contribution in [1.82, 2.24) is 3.97 Å². The van der Waals surface area contributed by atoms with Gasteiger partial charge in [0, 0.05) is 11.6 Å². The van der Waals surface area contributed by atoms with Crippen molar-refractivity contribution >= 4 is 33.5 Å². The molecule has 7 heteroatoms. The Balaban J connectivity index is 2.71. The van der Waals surface area contributed by atoms with E-state index >= 15 is 0 Å². The van der Waals surface area contributed by atoms with Crippen LogP contribution in [0.25, 0.3) is 10.9 Å². The lowest BCUT2D eigenvalue weighted by Gasteiger charge is -2.06. The van der Waals surface area contributed by atoms with Crippen molar-refractivity contribution in [2.24, 2.45) is 0 Å². The van der Waals surface area contributed by atoms with Gasteiger partial charge >= 0.3 is 7.12 Å². The predicted octanol–water partition coefficient (Wildman–Crippen LogP) is -0.481. The molecule has 0 bridgehead atoms. The zero-order valence-corrected chi connectivity index (χ0v) is 10.1. The van der Waals surface area contributed by atoms with Crippen molar-refractivity contribution in [1.29, 1.82) is 0 Å². The molecule has 0 fully saturated rings. The van der Waals surface area contributed by atoms with E-state index in [4.69, 9.17) is 10.0 Å². The summed E-state index contributed by atoms with van der Waals surface area (Å²) in [5, 5.41) is 18.9. The maximum atomic E-state index is 11.8. The topological polar surface area (TPSA) is 79.5 Å². The van der Waals surface area contributed by atoms with E-state index in [0.717, 1.165) is 9.36 Å². The Morgan fingerprint density at radius 2 is 2.00 bits per heavy atom. The summed E-state index contributed by atoms with van der Waals surface area (Å²) >= 11 is 0. The van der Waals surface area contributed by atoms with Crippen molar-refractivity contribution in [3.63, 3.8) is 0 Å². The molecule has 0 aliphatic rings. The van der Waals surface area contributed by atoms with E-state index in [1.165, 1.54) is 12.3 Å². The molecule has 0 saturated carbocycles. The van der Waals surface area contributed by atoms with Crippen LogP contribution in [-0.2, 0) is 10.0 Å². The van der Waals surface area contributed by atoms with Gasteiger partial charge < -0.3 is 10.0 Å². The maximum absolute atomic E-state index is 11.8. The smallest absolute Gasteiger partial charge is 0.423 e. The minimum atomic E-state index is -3.37. The number of hydrogen-bond donors (Lipinski definition) is 2. The summed E-state index contributed by atoms with van der Waals surface area (Å²) in [6.45, 7) is 1.56. The van der Waals surface area contributed by atoms with Gasteiger partial charge in [-0.3, -0.25) is 0 Å². The summed E-state index contributed by atoms with van der Waals surface area (Å²) in [6, 6.07) is 6.35. The molecule has 0 atom stereocenters. The van der Waals surface area contributed by atoms with E-state index in [0.29, 0.717) is 5.52 Å². The van der Waals surface area contributed by atoms with Crippen molar-refractivity contribution in [2.75, 3.05) is 5.75 Å². The Bertz CT molecular complexity index is 647. The van der Waals surface area contributed by atoms with Crippen LogP contribution in [0, 0.1) is 0 Å². The first kappa shape index (κ1) is 12.2. The SMILES string of the molecule is CCS(=O)(=O)n1ccc2ccc(B(O)O)cc21. The van der Waals surface area contributed by atoms with Crippen LogP contribution in [-0.4, -0.2) is 35.3 Å². The summed E-state index contributed by atoms with van der Waals surface area (Å²) < 4.78 is 24.8. The molecule has 2 N–H and O–H groups in total. The molecule has 0 amide bonds. The molecule has 0 aliphatic heterocycles. The molecule has 0 radical (unpaired) electrons. The molecule has 1 aromatic heterocycles. The molecule has 1 aromatic carbocycles. The summed E-state index contributed by atoms with van der Waals surface area (Å²) in [6.07, 6.45) is 1.47. The molecule has 0 spiro atoms. The Morgan fingerprint density at radius 1 is 1.29 bits per heavy atom. The fourth-order valence-corrected chi connectivity index (χ4v) is 2.65. The van der Waals surface area contributed by atoms with Gasteiger partial charge in [0.15, 0.2) is 0 Å².